The molecule has 2 unspecified atom stereocenters. The maximum absolute atomic E-state index is 10.2. The van der Waals surface area contributed by atoms with Crippen LogP contribution in [0, 0.1) is 0 Å². The summed E-state index contributed by atoms with van der Waals surface area (Å²) in [7, 11) is 0. The third-order valence-corrected chi connectivity index (χ3v) is 4.48. The Kier molecular flexibility index (Phi) is 4.26. The van der Waals surface area contributed by atoms with Crippen molar-refractivity contribution in [2.24, 2.45) is 0 Å². The molecule has 2 aromatic rings. The normalized spacial score (nSPS) is 19.7. The van der Waals surface area contributed by atoms with Gasteiger partial charge in [0.25, 0.3) is 0 Å². The maximum atomic E-state index is 10.2. The largest absolute Gasteiger partial charge is 0.388 e. The van der Waals surface area contributed by atoms with Crippen LogP contribution in [0.1, 0.15) is 42.9 Å². The van der Waals surface area contributed by atoms with E-state index in [-0.39, 0.29) is 6.10 Å². The van der Waals surface area contributed by atoms with Crippen LogP contribution in [0.4, 0.5) is 5.69 Å². The van der Waals surface area contributed by atoms with Crippen molar-refractivity contribution in [3.8, 4) is 0 Å². The van der Waals surface area contributed by atoms with Gasteiger partial charge in [-0.3, -0.25) is 0 Å². The van der Waals surface area contributed by atoms with Crippen LogP contribution in [0.3, 0.4) is 0 Å². The third-order valence-electron chi connectivity index (χ3n) is 4.48. The van der Waals surface area contributed by atoms with E-state index in [0.717, 1.165) is 25.1 Å². The van der Waals surface area contributed by atoms with Gasteiger partial charge in [-0.1, -0.05) is 55.5 Å². The minimum absolute atomic E-state index is 0.364. The first kappa shape index (κ1) is 14.2. The lowest BCUT2D eigenvalue weighted by molar-refractivity contribution is 0.174. The fourth-order valence-corrected chi connectivity index (χ4v) is 3.25. The molecule has 0 radical (unpaired) electrons. The molecule has 0 spiro atoms. The predicted molar refractivity (Wildman–Crippen MR) is 87.7 cm³/mol. The highest BCUT2D eigenvalue weighted by atomic mass is 16.3. The molecule has 21 heavy (non-hydrogen) atoms. The molecule has 1 N–H and O–H groups in total. The van der Waals surface area contributed by atoms with Crippen molar-refractivity contribution in [2.45, 2.75) is 31.8 Å². The molecule has 1 heterocycles. The van der Waals surface area contributed by atoms with Gasteiger partial charge in [0, 0.05) is 30.3 Å². The van der Waals surface area contributed by atoms with Gasteiger partial charge in [-0.05, 0) is 24.5 Å². The van der Waals surface area contributed by atoms with E-state index in [1.165, 1.54) is 17.7 Å². The molecule has 0 aliphatic carbocycles. The zero-order valence-corrected chi connectivity index (χ0v) is 12.6. The van der Waals surface area contributed by atoms with Gasteiger partial charge in [0.15, 0.2) is 0 Å². The average molecular weight is 281 g/mol. The predicted octanol–water partition coefficient (Wildman–Crippen LogP) is 4.12. The summed E-state index contributed by atoms with van der Waals surface area (Å²) in [6, 6.07) is 19.0. The molecule has 110 valence electrons. The molecule has 2 heteroatoms. The van der Waals surface area contributed by atoms with Crippen LogP contribution in [-0.4, -0.2) is 18.2 Å². The van der Waals surface area contributed by atoms with E-state index in [2.05, 4.69) is 53.4 Å². The summed E-state index contributed by atoms with van der Waals surface area (Å²) in [6.07, 6.45) is 1.57. The summed E-state index contributed by atoms with van der Waals surface area (Å²) in [5.74, 6) is 0.595. The smallest absolute Gasteiger partial charge is 0.0807 e. The van der Waals surface area contributed by atoms with Crippen molar-refractivity contribution < 1.29 is 5.11 Å². The van der Waals surface area contributed by atoms with E-state index in [1.54, 1.807) is 0 Å². The van der Waals surface area contributed by atoms with Crippen LogP contribution in [0.25, 0.3) is 0 Å². The molecular weight excluding hydrogens is 258 g/mol. The second kappa shape index (κ2) is 6.31. The second-order valence-corrected chi connectivity index (χ2v) is 5.83. The Morgan fingerprint density at radius 3 is 2.57 bits per heavy atom. The standard InChI is InChI=1S/C19H23NO/c1-2-19(21)17-10-6-7-11-18(17)20-13-12-16(14-20)15-8-4-3-5-9-15/h3-11,16,19,21H,2,12-14H2,1H3. The molecule has 2 aromatic carbocycles. The molecular formula is C19H23NO. The van der Waals surface area contributed by atoms with Gasteiger partial charge in [-0.25, -0.2) is 0 Å². The molecule has 3 rings (SSSR count). The zero-order valence-electron chi connectivity index (χ0n) is 12.6. The molecule has 0 saturated carbocycles. The highest BCUT2D eigenvalue weighted by Crippen LogP contribution is 2.35. The van der Waals surface area contributed by atoms with Crippen LogP contribution >= 0.6 is 0 Å². The van der Waals surface area contributed by atoms with E-state index in [0.29, 0.717) is 5.92 Å². The van der Waals surface area contributed by atoms with Crippen molar-refractivity contribution in [3.63, 3.8) is 0 Å². The van der Waals surface area contributed by atoms with Crippen LogP contribution in [0.2, 0.25) is 0 Å². The fraction of sp³-hybridized carbons (Fsp3) is 0.368. The van der Waals surface area contributed by atoms with Gasteiger partial charge < -0.3 is 10.0 Å². The Hall–Kier alpha value is -1.80. The van der Waals surface area contributed by atoms with Crippen molar-refractivity contribution >= 4 is 5.69 Å². The lowest BCUT2D eigenvalue weighted by atomic mass is 9.99. The van der Waals surface area contributed by atoms with E-state index in [9.17, 15) is 5.11 Å². The number of para-hydroxylation sites is 1. The Labute approximate surface area is 127 Å². The summed E-state index contributed by atoms with van der Waals surface area (Å²) in [6.45, 7) is 4.13. The van der Waals surface area contributed by atoms with Crippen molar-refractivity contribution in [1.29, 1.82) is 0 Å². The number of nitrogens with zero attached hydrogens (tertiary/aromatic N) is 1. The summed E-state index contributed by atoms with van der Waals surface area (Å²) < 4.78 is 0. The van der Waals surface area contributed by atoms with E-state index in [1.807, 2.05) is 13.0 Å². The van der Waals surface area contributed by atoms with Gasteiger partial charge in [-0.15, -0.1) is 0 Å². The van der Waals surface area contributed by atoms with Crippen LogP contribution in [0.5, 0.6) is 0 Å². The second-order valence-electron chi connectivity index (χ2n) is 5.83. The average Bonchev–Trinajstić information content (AvgIpc) is 3.05. The summed E-state index contributed by atoms with van der Waals surface area (Å²) in [5.41, 5.74) is 3.69. The minimum Gasteiger partial charge on any atom is -0.388 e. The number of anilines is 1. The van der Waals surface area contributed by atoms with Gasteiger partial charge >= 0.3 is 0 Å². The number of aliphatic hydroxyl groups is 1. The first-order valence-electron chi connectivity index (χ1n) is 7.86. The first-order chi connectivity index (χ1) is 10.3. The number of rotatable bonds is 4. The molecule has 2 nitrogen and oxygen atoms in total. The molecule has 1 aliphatic heterocycles. The molecule has 2 atom stereocenters. The van der Waals surface area contributed by atoms with Crippen molar-refractivity contribution in [1.82, 2.24) is 0 Å². The Balaban J connectivity index is 1.81. The Morgan fingerprint density at radius 2 is 1.81 bits per heavy atom. The Morgan fingerprint density at radius 1 is 1.10 bits per heavy atom. The van der Waals surface area contributed by atoms with E-state index < -0.39 is 0 Å². The molecule has 1 aliphatic rings. The number of aliphatic hydroxyl groups excluding tert-OH is 1. The third kappa shape index (κ3) is 2.96. The maximum Gasteiger partial charge on any atom is 0.0807 e. The zero-order chi connectivity index (χ0) is 14.7. The van der Waals surface area contributed by atoms with Crippen molar-refractivity contribution in [3.05, 3.63) is 65.7 Å². The van der Waals surface area contributed by atoms with Crippen LogP contribution in [-0.2, 0) is 0 Å². The highest BCUT2D eigenvalue weighted by molar-refractivity contribution is 5.56. The number of hydrogen-bond donors (Lipinski definition) is 1. The van der Waals surface area contributed by atoms with E-state index >= 15 is 0 Å². The lowest BCUT2D eigenvalue weighted by Gasteiger charge is -2.24. The van der Waals surface area contributed by atoms with Crippen molar-refractivity contribution in [2.75, 3.05) is 18.0 Å². The minimum atomic E-state index is -0.364. The van der Waals surface area contributed by atoms with Crippen LogP contribution < -0.4 is 4.90 Å². The van der Waals surface area contributed by atoms with Gasteiger partial charge in [-0.2, -0.15) is 0 Å². The molecule has 1 fully saturated rings. The Bertz CT molecular complexity index is 581. The summed E-state index contributed by atoms with van der Waals surface area (Å²) in [5, 5.41) is 10.2. The van der Waals surface area contributed by atoms with Gasteiger partial charge in [0.05, 0.1) is 6.10 Å². The monoisotopic (exact) mass is 281 g/mol. The van der Waals surface area contributed by atoms with E-state index in [4.69, 9.17) is 0 Å². The highest BCUT2D eigenvalue weighted by Gasteiger charge is 2.26. The molecule has 0 amide bonds. The van der Waals surface area contributed by atoms with Crippen LogP contribution in [0.15, 0.2) is 54.6 Å². The lowest BCUT2D eigenvalue weighted by Crippen LogP contribution is -2.21. The summed E-state index contributed by atoms with van der Waals surface area (Å²) >= 11 is 0. The summed E-state index contributed by atoms with van der Waals surface area (Å²) in [4.78, 5) is 2.42. The van der Waals surface area contributed by atoms with Gasteiger partial charge in [0.1, 0.15) is 0 Å². The number of benzene rings is 2. The quantitative estimate of drug-likeness (QED) is 0.911. The topological polar surface area (TPSA) is 23.5 Å². The molecule has 1 saturated heterocycles. The number of hydrogen-bond acceptors (Lipinski definition) is 2. The van der Waals surface area contributed by atoms with Gasteiger partial charge in [0.2, 0.25) is 0 Å². The first-order valence-corrected chi connectivity index (χ1v) is 7.86. The molecule has 0 aromatic heterocycles. The molecule has 0 bridgehead atoms. The SMILES string of the molecule is CCC(O)c1ccccc1N1CCC(c2ccccc2)C1. The fourth-order valence-electron chi connectivity index (χ4n) is 3.25.